The van der Waals surface area contributed by atoms with Gasteiger partial charge < -0.3 is 19.1 Å². The van der Waals surface area contributed by atoms with E-state index in [9.17, 15) is 4.79 Å². The quantitative estimate of drug-likeness (QED) is 0.272. The van der Waals surface area contributed by atoms with Crippen LogP contribution in [0.5, 0.6) is 0 Å². The van der Waals surface area contributed by atoms with E-state index in [0.29, 0.717) is 73.9 Å². The number of fused-ring (bicyclic) bond motifs is 1. The van der Waals surface area contributed by atoms with Crippen molar-refractivity contribution < 1.29 is 27.8 Å². The van der Waals surface area contributed by atoms with Gasteiger partial charge in [-0.1, -0.05) is 12.1 Å². The average Bonchev–Trinajstić information content (AvgIpc) is 3.53. The summed E-state index contributed by atoms with van der Waals surface area (Å²) in [4.78, 5) is 25.4. The summed E-state index contributed by atoms with van der Waals surface area (Å²) in [6.45, 7) is 4.34. The zero-order chi connectivity index (χ0) is 29.8. The molecule has 43 heavy (non-hydrogen) atoms. The summed E-state index contributed by atoms with van der Waals surface area (Å²) in [6, 6.07) is 8.31. The van der Waals surface area contributed by atoms with E-state index in [1.165, 1.54) is 12.1 Å². The van der Waals surface area contributed by atoms with Crippen molar-refractivity contribution in [2.75, 3.05) is 59.7 Å². The second-order valence-corrected chi connectivity index (χ2v) is 10.8. The maximum Gasteiger partial charge on any atom is 0.409 e. The third kappa shape index (κ3) is 6.51. The Kier molecular flexibility index (Phi) is 8.87. The van der Waals surface area contributed by atoms with E-state index in [-0.39, 0.29) is 30.9 Å². The number of hydrogen-bond acceptors (Lipinski definition) is 8. The van der Waals surface area contributed by atoms with E-state index in [4.69, 9.17) is 19.2 Å². The maximum absolute atomic E-state index is 15.2. The van der Waals surface area contributed by atoms with Gasteiger partial charge in [0.15, 0.2) is 0 Å². The molecule has 0 saturated carbocycles. The first-order valence-electron chi connectivity index (χ1n) is 14.5. The summed E-state index contributed by atoms with van der Waals surface area (Å²) in [5.74, 6) is -1.17. The summed E-state index contributed by atoms with van der Waals surface area (Å²) >= 11 is 0. The monoisotopic (exact) mass is 592 g/mol. The SMILES string of the molecule is COCCOC(=O)N1CCC(n2cc(-c3cnc4cccc(-c5cc(F)c(CN6CCOCC6)c(F)c5)c4n3)cn2)CC1. The number of para-hydroxylation sites is 1. The Morgan fingerprint density at radius 1 is 1.02 bits per heavy atom. The first-order chi connectivity index (χ1) is 21.0. The number of piperidine rings is 1. The van der Waals surface area contributed by atoms with Gasteiger partial charge in [-0.05, 0) is 36.6 Å². The van der Waals surface area contributed by atoms with Crippen LogP contribution in [0.1, 0.15) is 24.4 Å². The summed E-state index contributed by atoms with van der Waals surface area (Å²) in [5.41, 5.74) is 3.61. The van der Waals surface area contributed by atoms with Gasteiger partial charge in [-0.15, -0.1) is 0 Å². The van der Waals surface area contributed by atoms with Gasteiger partial charge in [-0.25, -0.2) is 18.6 Å². The molecule has 2 aromatic heterocycles. The van der Waals surface area contributed by atoms with Gasteiger partial charge in [0.1, 0.15) is 18.2 Å². The highest BCUT2D eigenvalue weighted by atomic mass is 19.1. The number of nitrogens with zero attached hydrogens (tertiary/aromatic N) is 6. The van der Waals surface area contributed by atoms with Crippen molar-refractivity contribution >= 4 is 17.1 Å². The first-order valence-corrected chi connectivity index (χ1v) is 14.5. The maximum atomic E-state index is 15.2. The number of rotatable bonds is 8. The van der Waals surface area contributed by atoms with E-state index >= 15 is 8.78 Å². The minimum absolute atomic E-state index is 0.0545. The Bertz CT molecular complexity index is 1560. The molecule has 2 fully saturated rings. The van der Waals surface area contributed by atoms with Crippen LogP contribution in [0.15, 0.2) is 48.9 Å². The predicted molar refractivity (Wildman–Crippen MR) is 155 cm³/mol. The van der Waals surface area contributed by atoms with Gasteiger partial charge >= 0.3 is 6.09 Å². The highest BCUT2D eigenvalue weighted by molar-refractivity contribution is 5.92. The number of amides is 1. The van der Waals surface area contributed by atoms with Crippen LogP contribution < -0.4 is 0 Å². The van der Waals surface area contributed by atoms with Crippen molar-refractivity contribution in [3.63, 3.8) is 0 Å². The highest BCUT2D eigenvalue weighted by Gasteiger charge is 2.26. The fraction of sp³-hybridized carbons (Fsp3) is 0.419. The molecule has 2 aliphatic heterocycles. The number of carbonyl (C=O) groups is 1. The summed E-state index contributed by atoms with van der Waals surface area (Å²) in [5, 5.41) is 4.57. The van der Waals surface area contributed by atoms with E-state index in [1.807, 2.05) is 21.8 Å². The van der Waals surface area contributed by atoms with Gasteiger partial charge in [0.25, 0.3) is 0 Å². The molecule has 4 aromatic rings. The number of likely N-dealkylation sites (tertiary alicyclic amines) is 1. The van der Waals surface area contributed by atoms with Gasteiger partial charge in [0, 0.05) is 62.7 Å². The van der Waals surface area contributed by atoms with Crippen LogP contribution in [0.2, 0.25) is 0 Å². The van der Waals surface area contributed by atoms with Crippen molar-refractivity contribution in [3.8, 4) is 22.4 Å². The van der Waals surface area contributed by atoms with Crippen molar-refractivity contribution in [2.24, 2.45) is 0 Å². The molecule has 10 nitrogen and oxygen atoms in total. The van der Waals surface area contributed by atoms with Crippen molar-refractivity contribution in [2.45, 2.75) is 25.4 Å². The van der Waals surface area contributed by atoms with Gasteiger partial charge in [-0.2, -0.15) is 5.10 Å². The Hall–Kier alpha value is -4.00. The lowest BCUT2D eigenvalue weighted by Gasteiger charge is -2.31. The molecule has 12 heteroatoms. The molecule has 2 aromatic carbocycles. The number of morpholine rings is 1. The third-order valence-corrected chi connectivity index (χ3v) is 8.02. The van der Waals surface area contributed by atoms with Crippen LogP contribution in [-0.2, 0) is 20.8 Å². The standard InChI is InChI=1S/C31H34F2N6O4/c1-41-13-14-43-31(40)38-7-5-23(6-8-38)39-19-22(17-35-39)29-18-34-28-4-2-3-24(30(28)36-29)21-15-26(32)25(27(33)16-21)20-37-9-11-42-12-10-37/h2-4,15-19,23H,5-14,20H2,1H3. The van der Waals surface area contributed by atoms with E-state index in [1.54, 1.807) is 36.5 Å². The summed E-state index contributed by atoms with van der Waals surface area (Å²) in [7, 11) is 1.56. The molecule has 4 heterocycles. The molecule has 0 radical (unpaired) electrons. The lowest BCUT2D eigenvalue weighted by Crippen LogP contribution is -2.39. The van der Waals surface area contributed by atoms with Crippen LogP contribution >= 0.6 is 0 Å². The van der Waals surface area contributed by atoms with Crippen LogP contribution in [0, 0.1) is 11.6 Å². The van der Waals surface area contributed by atoms with Crippen molar-refractivity contribution in [3.05, 3.63) is 66.1 Å². The highest BCUT2D eigenvalue weighted by Crippen LogP contribution is 2.32. The molecule has 2 aliphatic rings. The van der Waals surface area contributed by atoms with Crippen molar-refractivity contribution in [1.82, 2.24) is 29.5 Å². The van der Waals surface area contributed by atoms with Gasteiger partial charge in [-0.3, -0.25) is 14.6 Å². The minimum Gasteiger partial charge on any atom is -0.447 e. The van der Waals surface area contributed by atoms with Crippen LogP contribution in [0.25, 0.3) is 33.4 Å². The number of benzene rings is 2. The Morgan fingerprint density at radius 3 is 2.53 bits per heavy atom. The fourth-order valence-electron chi connectivity index (χ4n) is 5.58. The molecule has 0 bridgehead atoms. The number of halogens is 2. The number of ether oxygens (including phenoxy) is 3. The smallest absolute Gasteiger partial charge is 0.409 e. The lowest BCUT2D eigenvalue weighted by atomic mass is 10.0. The van der Waals surface area contributed by atoms with Crippen molar-refractivity contribution in [1.29, 1.82) is 0 Å². The molecule has 1 amide bonds. The zero-order valence-corrected chi connectivity index (χ0v) is 24.0. The molecule has 2 saturated heterocycles. The molecule has 226 valence electrons. The average molecular weight is 593 g/mol. The Labute approximate surface area is 248 Å². The van der Waals surface area contributed by atoms with Crippen LogP contribution in [-0.4, -0.2) is 95.4 Å². The lowest BCUT2D eigenvalue weighted by molar-refractivity contribution is 0.0332. The molecule has 0 atom stereocenters. The molecular weight excluding hydrogens is 558 g/mol. The second kappa shape index (κ2) is 13.1. The Balaban J connectivity index is 1.20. The number of hydrogen-bond donors (Lipinski definition) is 0. The largest absolute Gasteiger partial charge is 0.447 e. The minimum atomic E-state index is -0.585. The fourth-order valence-corrected chi connectivity index (χ4v) is 5.58. The predicted octanol–water partition coefficient (Wildman–Crippen LogP) is 4.69. The summed E-state index contributed by atoms with van der Waals surface area (Å²) < 4.78 is 47.9. The third-order valence-electron chi connectivity index (χ3n) is 8.02. The second-order valence-electron chi connectivity index (χ2n) is 10.8. The molecule has 0 unspecified atom stereocenters. The molecule has 6 rings (SSSR count). The number of aromatic nitrogens is 4. The Morgan fingerprint density at radius 2 is 1.79 bits per heavy atom. The number of methoxy groups -OCH3 is 1. The molecule has 0 aliphatic carbocycles. The van der Waals surface area contributed by atoms with E-state index < -0.39 is 11.6 Å². The van der Waals surface area contributed by atoms with Gasteiger partial charge in [0.05, 0.1) is 55.0 Å². The number of carbonyl (C=O) groups excluding carboxylic acids is 1. The molecule has 0 N–H and O–H groups in total. The molecular formula is C31H34F2N6O4. The normalized spacial score (nSPS) is 16.6. The van der Waals surface area contributed by atoms with E-state index in [0.717, 1.165) is 18.4 Å². The van der Waals surface area contributed by atoms with Crippen LogP contribution in [0.3, 0.4) is 0 Å². The van der Waals surface area contributed by atoms with Gasteiger partial charge in [0.2, 0.25) is 0 Å². The zero-order valence-electron chi connectivity index (χ0n) is 24.0. The van der Waals surface area contributed by atoms with E-state index in [2.05, 4.69) is 10.1 Å². The topological polar surface area (TPSA) is 94.8 Å². The van der Waals surface area contributed by atoms with Crippen LogP contribution in [0.4, 0.5) is 13.6 Å². The summed E-state index contributed by atoms with van der Waals surface area (Å²) in [6.07, 6.45) is 6.50. The first kappa shape index (κ1) is 29.1. The molecule has 0 spiro atoms.